The van der Waals surface area contributed by atoms with Crippen molar-refractivity contribution in [2.75, 3.05) is 19.0 Å². The van der Waals surface area contributed by atoms with Gasteiger partial charge in [0.2, 0.25) is 0 Å². The summed E-state index contributed by atoms with van der Waals surface area (Å²) in [6, 6.07) is 5.80. The van der Waals surface area contributed by atoms with Crippen LogP contribution in [0.4, 0.5) is 5.69 Å². The largest absolute Gasteiger partial charge is 0.508 e. The van der Waals surface area contributed by atoms with Gasteiger partial charge in [0.25, 0.3) is 0 Å². The van der Waals surface area contributed by atoms with Gasteiger partial charge in [-0.05, 0) is 25.0 Å². The highest BCUT2D eigenvalue weighted by Gasteiger charge is 2.08. The second kappa shape index (κ2) is 9.68. The van der Waals surface area contributed by atoms with E-state index >= 15 is 0 Å². The normalized spacial score (nSPS) is 10.8. The van der Waals surface area contributed by atoms with E-state index < -0.39 is 0 Å². The molecule has 0 unspecified atom stereocenters. The predicted molar refractivity (Wildman–Crippen MR) is 88.7 cm³/mol. The minimum absolute atomic E-state index is 0.444. The number of anilines is 1. The molecular formula is C18H31NO. The molecule has 1 aromatic carbocycles. The van der Waals surface area contributed by atoms with Gasteiger partial charge in [-0.2, -0.15) is 0 Å². The average Bonchev–Trinajstić information content (AvgIpc) is 2.43. The molecule has 1 aromatic rings. The number of hydrogen-bond acceptors (Lipinski definition) is 2. The van der Waals surface area contributed by atoms with Crippen molar-refractivity contribution < 1.29 is 5.11 Å². The Hall–Kier alpha value is -1.18. The smallest absolute Gasteiger partial charge is 0.120 e. The lowest BCUT2D eigenvalue weighted by molar-refractivity contribution is 0.466. The molecular weight excluding hydrogens is 246 g/mol. The monoisotopic (exact) mass is 277 g/mol. The maximum absolute atomic E-state index is 10.0. The maximum Gasteiger partial charge on any atom is 0.120 e. The Bertz CT molecular complexity index is 374. The fourth-order valence-corrected chi connectivity index (χ4v) is 2.67. The lowest BCUT2D eigenvalue weighted by Gasteiger charge is -2.18. The molecule has 0 aliphatic heterocycles. The highest BCUT2D eigenvalue weighted by molar-refractivity contribution is 5.58. The minimum atomic E-state index is 0.444. The summed E-state index contributed by atoms with van der Waals surface area (Å²) in [5, 5.41) is 10.0. The maximum atomic E-state index is 10.0. The molecule has 1 rings (SSSR count). The molecule has 0 saturated carbocycles. The Balaban J connectivity index is 2.28. The van der Waals surface area contributed by atoms with Crippen LogP contribution in [0.5, 0.6) is 5.75 Å². The van der Waals surface area contributed by atoms with Crippen LogP contribution >= 0.6 is 0 Å². The van der Waals surface area contributed by atoms with Gasteiger partial charge in [-0.15, -0.1) is 0 Å². The molecule has 2 nitrogen and oxygen atoms in total. The first kappa shape index (κ1) is 16.9. The summed E-state index contributed by atoms with van der Waals surface area (Å²) < 4.78 is 0. The molecule has 0 aromatic heterocycles. The summed E-state index contributed by atoms with van der Waals surface area (Å²) in [5.41, 5.74) is 2.25. The van der Waals surface area contributed by atoms with Crippen LogP contribution in [0.15, 0.2) is 18.2 Å². The molecule has 0 bridgehead atoms. The number of nitrogens with zero attached hydrogens (tertiary/aromatic N) is 1. The highest BCUT2D eigenvalue weighted by atomic mass is 16.3. The fraction of sp³-hybridized carbons (Fsp3) is 0.667. The zero-order valence-corrected chi connectivity index (χ0v) is 13.5. The third-order valence-electron chi connectivity index (χ3n) is 3.89. The van der Waals surface area contributed by atoms with Gasteiger partial charge in [-0.3, -0.25) is 0 Å². The van der Waals surface area contributed by atoms with Crippen molar-refractivity contribution in [3.05, 3.63) is 23.8 Å². The van der Waals surface area contributed by atoms with Gasteiger partial charge in [-0.1, -0.05) is 57.9 Å². The molecule has 114 valence electrons. The van der Waals surface area contributed by atoms with E-state index in [1.165, 1.54) is 51.4 Å². The average molecular weight is 277 g/mol. The summed E-state index contributed by atoms with van der Waals surface area (Å²) in [5.74, 6) is 0.444. The summed E-state index contributed by atoms with van der Waals surface area (Å²) in [6.07, 6.45) is 11.6. The predicted octanol–water partition coefficient (Wildman–Crippen LogP) is 5.14. The van der Waals surface area contributed by atoms with E-state index in [1.54, 1.807) is 6.07 Å². The molecule has 0 aliphatic carbocycles. The summed E-state index contributed by atoms with van der Waals surface area (Å²) in [7, 11) is 4.07. The number of rotatable bonds is 10. The Kier molecular flexibility index (Phi) is 8.17. The van der Waals surface area contributed by atoms with E-state index in [9.17, 15) is 5.11 Å². The van der Waals surface area contributed by atoms with Crippen LogP contribution in [0.3, 0.4) is 0 Å². The van der Waals surface area contributed by atoms with E-state index in [0.29, 0.717) is 5.75 Å². The Morgan fingerprint density at radius 1 is 0.900 bits per heavy atom. The lowest BCUT2D eigenvalue weighted by Crippen LogP contribution is -2.11. The van der Waals surface area contributed by atoms with Crippen molar-refractivity contribution in [2.45, 2.75) is 64.7 Å². The third-order valence-corrected chi connectivity index (χ3v) is 3.89. The molecule has 0 atom stereocenters. The highest BCUT2D eigenvalue weighted by Crippen LogP contribution is 2.29. The van der Waals surface area contributed by atoms with Crippen LogP contribution in [0.25, 0.3) is 0 Å². The molecule has 1 N–H and O–H groups in total. The first-order chi connectivity index (χ1) is 9.66. The quantitative estimate of drug-likeness (QED) is 0.598. The Labute approximate surface area is 124 Å². The van der Waals surface area contributed by atoms with E-state index in [1.807, 2.05) is 20.2 Å². The first-order valence-corrected chi connectivity index (χ1v) is 8.15. The topological polar surface area (TPSA) is 23.5 Å². The molecule has 0 aliphatic rings. The second-order valence-corrected chi connectivity index (χ2v) is 5.89. The molecule has 2 heteroatoms. The van der Waals surface area contributed by atoms with Crippen molar-refractivity contribution in [3.8, 4) is 5.75 Å². The van der Waals surface area contributed by atoms with Crippen LogP contribution in [-0.4, -0.2) is 19.2 Å². The van der Waals surface area contributed by atoms with Gasteiger partial charge in [0.05, 0.1) is 0 Å². The summed E-state index contributed by atoms with van der Waals surface area (Å²) >= 11 is 0. The van der Waals surface area contributed by atoms with Crippen molar-refractivity contribution in [1.82, 2.24) is 0 Å². The number of hydrogen-bond donors (Lipinski definition) is 1. The Morgan fingerprint density at radius 2 is 1.50 bits per heavy atom. The molecule has 20 heavy (non-hydrogen) atoms. The lowest BCUT2D eigenvalue weighted by atomic mass is 10.0. The van der Waals surface area contributed by atoms with Crippen molar-refractivity contribution in [3.63, 3.8) is 0 Å². The van der Waals surface area contributed by atoms with Crippen molar-refractivity contribution in [2.24, 2.45) is 0 Å². The molecule has 0 saturated heterocycles. The SMILES string of the molecule is CCCCCCCCCCc1c(O)cccc1N(C)C. The van der Waals surface area contributed by atoms with Crippen molar-refractivity contribution in [1.29, 1.82) is 0 Å². The van der Waals surface area contributed by atoms with Gasteiger partial charge in [0.1, 0.15) is 5.75 Å². The number of unbranched alkanes of at least 4 members (excludes halogenated alkanes) is 7. The van der Waals surface area contributed by atoms with Crippen LogP contribution in [0.1, 0.15) is 63.9 Å². The molecule has 0 fully saturated rings. The van der Waals surface area contributed by atoms with E-state index in [0.717, 1.165) is 17.7 Å². The molecule has 0 radical (unpaired) electrons. The van der Waals surface area contributed by atoms with Crippen LogP contribution in [-0.2, 0) is 6.42 Å². The second-order valence-electron chi connectivity index (χ2n) is 5.89. The number of benzene rings is 1. The minimum Gasteiger partial charge on any atom is -0.508 e. The van der Waals surface area contributed by atoms with Crippen LogP contribution < -0.4 is 4.90 Å². The fourth-order valence-electron chi connectivity index (χ4n) is 2.67. The van der Waals surface area contributed by atoms with Crippen molar-refractivity contribution >= 4 is 5.69 Å². The number of aromatic hydroxyl groups is 1. The molecule has 0 amide bonds. The summed E-state index contributed by atoms with van der Waals surface area (Å²) in [4.78, 5) is 2.08. The number of phenols is 1. The zero-order chi connectivity index (χ0) is 14.8. The van der Waals surface area contributed by atoms with E-state index in [-0.39, 0.29) is 0 Å². The van der Waals surface area contributed by atoms with E-state index in [4.69, 9.17) is 0 Å². The van der Waals surface area contributed by atoms with Gasteiger partial charge in [0, 0.05) is 25.3 Å². The van der Waals surface area contributed by atoms with Gasteiger partial charge in [-0.25, -0.2) is 0 Å². The van der Waals surface area contributed by atoms with Gasteiger partial charge < -0.3 is 10.0 Å². The van der Waals surface area contributed by atoms with E-state index in [2.05, 4.69) is 17.9 Å². The summed E-state index contributed by atoms with van der Waals surface area (Å²) in [6.45, 7) is 2.26. The number of phenolic OH excluding ortho intramolecular Hbond substituents is 1. The standard InChI is InChI=1S/C18H31NO/c1-4-5-6-7-8-9-10-11-13-16-17(19(2)3)14-12-15-18(16)20/h12,14-15,20H,4-11,13H2,1-3H3. The Morgan fingerprint density at radius 3 is 2.10 bits per heavy atom. The zero-order valence-electron chi connectivity index (χ0n) is 13.5. The van der Waals surface area contributed by atoms with Crippen LogP contribution in [0.2, 0.25) is 0 Å². The van der Waals surface area contributed by atoms with Gasteiger partial charge >= 0.3 is 0 Å². The molecule has 0 spiro atoms. The first-order valence-electron chi connectivity index (χ1n) is 8.15. The van der Waals surface area contributed by atoms with Gasteiger partial charge in [0.15, 0.2) is 0 Å². The molecule has 0 heterocycles. The van der Waals surface area contributed by atoms with Crippen LogP contribution in [0, 0.1) is 0 Å². The third kappa shape index (κ3) is 5.85.